The predicted octanol–water partition coefficient (Wildman–Crippen LogP) is 5.58. The number of hydrogen-bond donors (Lipinski definition) is 1. The fraction of sp³-hybridized carbons (Fsp3) is 0.200. The molecule has 4 rings (SSSR count). The largest absolute Gasteiger partial charge is 0.481 e. The van der Waals surface area contributed by atoms with Gasteiger partial charge in [-0.1, -0.05) is 31.2 Å². The molecule has 0 fully saturated rings. The van der Waals surface area contributed by atoms with E-state index in [1.807, 2.05) is 35.2 Å². The van der Waals surface area contributed by atoms with Crippen LogP contribution in [0.2, 0.25) is 0 Å². The van der Waals surface area contributed by atoms with Crippen LogP contribution in [0.15, 0.2) is 71.1 Å². The minimum atomic E-state index is -0.855. The van der Waals surface area contributed by atoms with E-state index in [0.29, 0.717) is 35.7 Å². The summed E-state index contributed by atoms with van der Waals surface area (Å²) in [6.45, 7) is 2.45. The van der Waals surface area contributed by atoms with E-state index in [1.165, 1.54) is 6.07 Å². The van der Waals surface area contributed by atoms with Crippen LogP contribution in [0.1, 0.15) is 12.5 Å². The van der Waals surface area contributed by atoms with Gasteiger partial charge in [-0.15, -0.1) is 0 Å². The molecule has 0 aliphatic carbocycles. The maximum Gasteiger partial charge on any atom is 0.307 e. The molecule has 7 heteroatoms. The Labute approximate surface area is 184 Å². The third-order valence-electron chi connectivity index (χ3n) is 5.06. The molecule has 3 aromatic carbocycles. The van der Waals surface area contributed by atoms with Crippen LogP contribution in [0, 0.1) is 11.7 Å². The van der Waals surface area contributed by atoms with E-state index in [4.69, 9.17) is 14.3 Å². The number of carbonyl (C=O) groups is 1. The summed E-state index contributed by atoms with van der Waals surface area (Å²) in [6, 6.07) is 19.5. The number of ether oxygens (including phenoxy) is 1. The van der Waals surface area contributed by atoms with Crippen LogP contribution in [0.25, 0.3) is 22.6 Å². The van der Waals surface area contributed by atoms with E-state index in [0.717, 1.165) is 5.56 Å². The van der Waals surface area contributed by atoms with Gasteiger partial charge >= 0.3 is 5.97 Å². The Morgan fingerprint density at radius 3 is 2.62 bits per heavy atom. The summed E-state index contributed by atoms with van der Waals surface area (Å²) in [5.74, 6) is -0.299. The fourth-order valence-corrected chi connectivity index (χ4v) is 3.46. The van der Waals surface area contributed by atoms with Crippen molar-refractivity contribution in [2.24, 2.45) is 5.92 Å². The summed E-state index contributed by atoms with van der Waals surface area (Å²) < 4.78 is 26.4. The average Bonchev–Trinajstić information content (AvgIpc) is 3.17. The fourth-order valence-electron chi connectivity index (χ4n) is 3.46. The molecule has 0 saturated heterocycles. The molecule has 0 aliphatic rings. The van der Waals surface area contributed by atoms with Crippen LogP contribution in [0.3, 0.4) is 0 Å². The van der Waals surface area contributed by atoms with Crippen LogP contribution in [0.4, 0.5) is 4.39 Å². The molecule has 1 aromatic heterocycles. The molecular formula is C25H23FN2O4. The molecule has 1 unspecified atom stereocenters. The van der Waals surface area contributed by atoms with E-state index in [1.54, 1.807) is 44.3 Å². The molecule has 1 N–H and O–H groups in total. The Balaban J connectivity index is 1.51. The number of halogens is 1. The molecule has 0 radical (unpaired) electrons. The molecular weight excluding hydrogens is 411 g/mol. The van der Waals surface area contributed by atoms with E-state index >= 15 is 0 Å². The smallest absolute Gasteiger partial charge is 0.307 e. The van der Waals surface area contributed by atoms with Gasteiger partial charge in [0, 0.05) is 19.2 Å². The summed E-state index contributed by atoms with van der Waals surface area (Å²) in [5.41, 5.74) is 2.10. The first kappa shape index (κ1) is 21.5. The van der Waals surface area contributed by atoms with Crippen molar-refractivity contribution in [3.8, 4) is 23.0 Å². The number of nitrogens with zero attached hydrogens (tertiary/aromatic N) is 2. The topological polar surface area (TPSA) is 75.8 Å². The third kappa shape index (κ3) is 4.95. The molecule has 0 amide bonds. The zero-order chi connectivity index (χ0) is 22.7. The van der Waals surface area contributed by atoms with Crippen molar-refractivity contribution in [1.82, 2.24) is 9.88 Å². The molecule has 32 heavy (non-hydrogen) atoms. The Hall–Kier alpha value is -3.71. The second kappa shape index (κ2) is 9.20. The van der Waals surface area contributed by atoms with Crippen molar-refractivity contribution in [2.75, 3.05) is 13.6 Å². The van der Waals surface area contributed by atoms with Gasteiger partial charge in [-0.2, -0.15) is 0 Å². The van der Waals surface area contributed by atoms with Gasteiger partial charge in [-0.25, -0.2) is 9.37 Å². The molecule has 0 spiro atoms. The SMILES string of the molecule is CC(CN(C)Cc1ccc(-c2nc3cc(Oc4ccccc4)ccc3o2)c(F)c1)C(=O)O. The number of hydrogen-bond acceptors (Lipinski definition) is 5. The third-order valence-corrected chi connectivity index (χ3v) is 5.06. The second-order valence-electron chi connectivity index (χ2n) is 7.81. The van der Waals surface area contributed by atoms with Crippen molar-refractivity contribution in [2.45, 2.75) is 13.5 Å². The first-order valence-corrected chi connectivity index (χ1v) is 10.2. The van der Waals surface area contributed by atoms with Crippen molar-refractivity contribution >= 4 is 17.1 Å². The number of carboxylic acid groups (broad SMARTS) is 1. The zero-order valence-electron chi connectivity index (χ0n) is 17.8. The van der Waals surface area contributed by atoms with E-state index < -0.39 is 17.7 Å². The van der Waals surface area contributed by atoms with Crippen molar-refractivity contribution in [1.29, 1.82) is 0 Å². The standard InChI is InChI=1S/C25H23FN2O4/c1-16(25(29)30)14-28(2)15-17-8-10-20(21(26)12-17)24-27-22-13-19(9-11-23(22)32-24)31-18-6-4-3-5-7-18/h3-13,16H,14-15H2,1-2H3,(H,29,30). The first-order valence-electron chi connectivity index (χ1n) is 10.2. The second-order valence-corrected chi connectivity index (χ2v) is 7.81. The molecule has 4 aromatic rings. The minimum Gasteiger partial charge on any atom is -0.481 e. The van der Waals surface area contributed by atoms with Crippen LogP contribution in [-0.4, -0.2) is 34.6 Å². The zero-order valence-corrected chi connectivity index (χ0v) is 17.8. The molecule has 6 nitrogen and oxygen atoms in total. The Bertz CT molecular complexity index is 1240. The summed E-state index contributed by atoms with van der Waals surface area (Å²) in [7, 11) is 1.81. The van der Waals surface area contributed by atoms with Crippen LogP contribution >= 0.6 is 0 Å². The predicted molar refractivity (Wildman–Crippen MR) is 119 cm³/mol. The minimum absolute atomic E-state index is 0.189. The van der Waals surface area contributed by atoms with Gasteiger partial charge in [0.25, 0.3) is 0 Å². The molecule has 1 atom stereocenters. The molecule has 0 bridgehead atoms. The lowest BCUT2D eigenvalue weighted by molar-refractivity contribution is -0.141. The molecule has 0 aliphatic heterocycles. The van der Waals surface area contributed by atoms with E-state index in [9.17, 15) is 9.18 Å². The average molecular weight is 434 g/mol. The van der Waals surface area contributed by atoms with Gasteiger partial charge in [0.1, 0.15) is 22.8 Å². The van der Waals surface area contributed by atoms with Gasteiger partial charge in [0.05, 0.1) is 11.5 Å². The van der Waals surface area contributed by atoms with Crippen LogP contribution in [0.5, 0.6) is 11.5 Å². The lowest BCUT2D eigenvalue weighted by atomic mass is 10.1. The van der Waals surface area contributed by atoms with E-state index in [2.05, 4.69) is 4.98 Å². The lowest BCUT2D eigenvalue weighted by Crippen LogP contribution is -2.28. The number of oxazole rings is 1. The Morgan fingerprint density at radius 1 is 1.12 bits per heavy atom. The van der Waals surface area contributed by atoms with Crippen molar-refractivity contribution in [3.05, 3.63) is 78.1 Å². The number of rotatable bonds is 8. The van der Waals surface area contributed by atoms with E-state index in [-0.39, 0.29) is 11.5 Å². The number of aliphatic carboxylic acids is 1. The number of fused-ring (bicyclic) bond motifs is 1. The van der Waals surface area contributed by atoms with Crippen LogP contribution in [-0.2, 0) is 11.3 Å². The van der Waals surface area contributed by atoms with Crippen LogP contribution < -0.4 is 4.74 Å². The molecule has 164 valence electrons. The molecule has 1 heterocycles. The van der Waals surface area contributed by atoms with Crippen molar-refractivity contribution in [3.63, 3.8) is 0 Å². The number of benzene rings is 3. The number of aromatic nitrogens is 1. The summed E-state index contributed by atoms with van der Waals surface area (Å²) >= 11 is 0. The normalized spacial score (nSPS) is 12.2. The van der Waals surface area contributed by atoms with Gasteiger partial charge in [-0.05, 0) is 49.0 Å². The quantitative estimate of drug-likeness (QED) is 0.390. The van der Waals surface area contributed by atoms with Gasteiger partial charge in [-0.3, -0.25) is 4.79 Å². The summed E-state index contributed by atoms with van der Waals surface area (Å²) in [6.07, 6.45) is 0. The number of carboxylic acids is 1. The molecule has 0 saturated carbocycles. The lowest BCUT2D eigenvalue weighted by Gasteiger charge is -2.19. The summed E-state index contributed by atoms with van der Waals surface area (Å²) in [5, 5.41) is 9.04. The highest BCUT2D eigenvalue weighted by Crippen LogP contribution is 2.30. The van der Waals surface area contributed by atoms with Gasteiger partial charge < -0.3 is 19.2 Å². The van der Waals surface area contributed by atoms with Gasteiger partial charge in [0.15, 0.2) is 5.58 Å². The van der Waals surface area contributed by atoms with Gasteiger partial charge in [0.2, 0.25) is 5.89 Å². The Kier molecular flexibility index (Phi) is 6.18. The monoisotopic (exact) mass is 434 g/mol. The number of para-hydroxylation sites is 1. The highest BCUT2D eigenvalue weighted by molar-refractivity contribution is 5.78. The highest BCUT2D eigenvalue weighted by Gasteiger charge is 2.16. The maximum absolute atomic E-state index is 14.8. The maximum atomic E-state index is 14.8. The van der Waals surface area contributed by atoms with Crippen molar-refractivity contribution < 1.29 is 23.4 Å². The highest BCUT2D eigenvalue weighted by atomic mass is 19.1. The first-order chi connectivity index (χ1) is 15.4. The summed E-state index contributed by atoms with van der Waals surface area (Å²) in [4.78, 5) is 17.3. The Morgan fingerprint density at radius 2 is 1.91 bits per heavy atom.